The van der Waals surface area contributed by atoms with E-state index in [1.807, 2.05) is 12.1 Å². The molecule has 0 bridgehead atoms. The van der Waals surface area contributed by atoms with Gasteiger partial charge in [0.05, 0.1) is 10.2 Å². The van der Waals surface area contributed by atoms with Gasteiger partial charge >= 0.3 is 0 Å². The van der Waals surface area contributed by atoms with Crippen molar-refractivity contribution in [3.05, 3.63) is 69.8 Å². The molecule has 2 rings (SSSR count). The molecule has 7 nitrogen and oxygen atoms in total. The molecule has 1 N–H and O–H groups in total. The van der Waals surface area contributed by atoms with E-state index in [2.05, 4.69) is 5.32 Å². The minimum absolute atomic E-state index is 0.0237. The molecular formula is C19H21N3O4S. The molecular weight excluding hydrogens is 366 g/mol. The summed E-state index contributed by atoms with van der Waals surface area (Å²) < 4.78 is 0. The Hall–Kier alpha value is -2.87. The lowest BCUT2D eigenvalue weighted by Crippen LogP contribution is -2.32. The number of thioether (sulfide) groups is 1. The van der Waals surface area contributed by atoms with Crippen LogP contribution in [0.15, 0.2) is 53.4 Å². The van der Waals surface area contributed by atoms with Gasteiger partial charge in [0, 0.05) is 43.2 Å². The molecule has 0 radical (unpaired) electrons. The first-order valence-electron chi connectivity index (χ1n) is 8.29. The van der Waals surface area contributed by atoms with Crippen molar-refractivity contribution in [2.75, 3.05) is 14.1 Å². The van der Waals surface area contributed by atoms with Gasteiger partial charge in [0.1, 0.15) is 0 Å². The Kier molecular flexibility index (Phi) is 6.95. The average Bonchev–Trinajstić information content (AvgIpc) is 2.67. The Bertz CT molecular complexity index is 822. The zero-order chi connectivity index (χ0) is 20.0. The Morgan fingerprint density at radius 3 is 2.26 bits per heavy atom. The summed E-state index contributed by atoms with van der Waals surface area (Å²) in [7, 11) is 3.30. The van der Waals surface area contributed by atoms with Gasteiger partial charge in [-0.05, 0) is 36.8 Å². The normalized spacial score (nSPS) is 11.5. The van der Waals surface area contributed by atoms with Gasteiger partial charge in [0.2, 0.25) is 5.91 Å². The van der Waals surface area contributed by atoms with Crippen LogP contribution in [0.3, 0.4) is 0 Å². The molecule has 2 amide bonds. The predicted octanol–water partition coefficient (Wildman–Crippen LogP) is 3.09. The molecule has 1 unspecified atom stereocenters. The fraction of sp³-hybridized carbons (Fsp3) is 0.263. The number of benzene rings is 2. The lowest BCUT2D eigenvalue weighted by Gasteiger charge is -2.21. The van der Waals surface area contributed by atoms with E-state index < -0.39 is 4.92 Å². The van der Waals surface area contributed by atoms with Gasteiger partial charge < -0.3 is 10.2 Å². The summed E-state index contributed by atoms with van der Waals surface area (Å²) in [5, 5.41) is 12.9. The molecule has 142 valence electrons. The number of nitro benzene ring substituents is 1. The van der Waals surface area contributed by atoms with E-state index in [0.29, 0.717) is 12.1 Å². The molecule has 0 saturated carbocycles. The van der Waals surface area contributed by atoms with Crippen LogP contribution in [-0.4, -0.2) is 41.0 Å². The fourth-order valence-corrected chi connectivity index (χ4v) is 3.45. The Labute approximate surface area is 161 Å². The third-order valence-corrected chi connectivity index (χ3v) is 5.05. The molecule has 0 aliphatic rings. The van der Waals surface area contributed by atoms with Crippen LogP contribution in [0.1, 0.15) is 22.8 Å². The van der Waals surface area contributed by atoms with Crippen LogP contribution in [0.25, 0.3) is 0 Å². The molecule has 0 aromatic heterocycles. The number of nitrogens with one attached hydrogen (secondary N) is 1. The molecule has 0 fully saturated rings. The van der Waals surface area contributed by atoms with Gasteiger partial charge in [-0.1, -0.05) is 12.1 Å². The van der Waals surface area contributed by atoms with Gasteiger partial charge in [-0.25, -0.2) is 0 Å². The number of carbonyl (C=O) groups is 2. The van der Waals surface area contributed by atoms with Crippen molar-refractivity contribution in [2.24, 2.45) is 0 Å². The van der Waals surface area contributed by atoms with Crippen molar-refractivity contribution in [3.63, 3.8) is 0 Å². The van der Waals surface area contributed by atoms with Crippen molar-refractivity contribution in [1.29, 1.82) is 0 Å². The number of rotatable bonds is 7. The highest BCUT2D eigenvalue weighted by Gasteiger charge is 2.19. The van der Waals surface area contributed by atoms with Gasteiger partial charge in [0.15, 0.2) is 0 Å². The maximum atomic E-state index is 12.6. The maximum absolute atomic E-state index is 12.6. The quantitative estimate of drug-likeness (QED) is 0.448. The Morgan fingerprint density at radius 2 is 1.74 bits per heavy atom. The van der Waals surface area contributed by atoms with Crippen molar-refractivity contribution in [2.45, 2.75) is 23.6 Å². The topological polar surface area (TPSA) is 92.6 Å². The first-order chi connectivity index (χ1) is 12.8. The molecule has 0 aliphatic carbocycles. The van der Waals surface area contributed by atoms with Gasteiger partial charge in [-0.3, -0.25) is 19.7 Å². The molecule has 0 aliphatic heterocycles. The molecule has 0 saturated heterocycles. The fourth-order valence-electron chi connectivity index (χ4n) is 2.47. The average molecular weight is 387 g/mol. The lowest BCUT2D eigenvalue weighted by atomic mass is 10.1. The minimum atomic E-state index is -0.452. The molecule has 8 heteroatoms. The van der Waals surface area contributed by atoms with E-state index in [1.165, 1.54) is 23.9 Å². The van der Waals surface area contributed by atoms with Gasteiger partial charge in [-0.2, -0.15) is 0 Å². The number of non-ortho nitro benzene ring substituents is 1. The maximum Gasteiger partial charge on any atom is 0.269 e. The second-order valence-electron chi connectivity index (χ2n) is 5.98. The van der Waals surface area contributed by atoms with Gasteiger partial charge in [-0.15, -0.1) is 11.8 Å². The predicted molar refractivity (Wildman–Crippen MR) is 105 cm³/mol. The molecule has 1 atom stereocenters. The summed E-state index contributed by atoms with van der Waals surface area (Å²) >= 11 is 1.35. The first kappa shape index (κ1) is 20.4. The zero-order valence-corrected chi connectivity index (χ0v) is 16.2. The van der Waals surface area contributed by atoms with Crippen LogP contribution in [0.2, 0.25) is 0 Å². The van der Waals surface area contributed by atoms with Crippen LogP contribution >= 0.6 is 11.8 Å². The van der Waals surface area contributed by atoms with Crippen LogP contribution in [0.5, 0.6) is 0 Å². The largest absolute Gasteiger partial charge is 0.355 e. The smallest absolute Gasteiger partial charge is 0.269 e. The van der Waals surface area contributed by atoms with E-state index in [4.69, 9.17) is 0 Å². The number of hydrogen-bond donors (Lipinski definition) is 1. The van der Waals surface area contributed by atoms with E-state index in [-0.39, 0.29) is 22.8 Å². The van der Waals surface area contributed by atoms with Crippen LogP contribution in [0, 0.1) is 10.1 Å². The summed E-state index contributed by atoms with van der Waals surface area (Å²) in [5.74, 6) is -0.201. The standard InChI is InChI=1S/C19H21N3O4S/c1-13(27-17-10-8-16(9-11-17)22(25)26)19(24)21(3)12-14-4-6-15(7-5-14)18(23)20-2/h4-11,13H,12H2,1-3H3,(H,20,23). The van der Waals surface area contributed by atoms with Crippen LogP contribution < -0.4 is 5.32 Å². The van der Waals surface area contributed by atoms with Crippen LogP contribution in [0.4, 0.5) is 5.69 Å². The lowest BCUT2D eigenvalue weighted by molar-refractivity contribution is -0.384. The highest BCUT2D eigenvalue weighted by molar-refractivity contribution is 8.00. The van der Waals surface area contributed by atoms with Gasteiger partial charge in [0.25, 0.3) is 11.6 Å². The number of hydrogen-bond acceptors (Lipinski definition) is 5. The minimum Gasteiger partial charge on any atom is -0.355 e. The third-order valence-electron chi connectivity index (χ3n) is 3.95. The van der Waals surface area contributed by atoms with Crippen molar-refractivity contribution in [3.8, 4) is 0 Å². The summed E-state index contributed by atoms with van der Waals surface area (Å²) in [6, 6.07) is 13.2. The Morgan fingerprint density at radius 1 is 1.15 bits per heavy atom. The second-order valence-corrected chi connectivity index (χ2v) is 7.40. The second kappa shape index (κ2) is 9.18. The van der Waals surface area contributed by atoms with Crippen LogP contribution in [-0.2, 0) is 11.3 Å². The summed E-state index contributed by atoms with van der Waals surface area (Å²) in [5.41, 5.74) is 1.51. The highest BCUT2D eigenvalue weighted by atomic mass is 32.2. The zero-order valence-electron chi connectivity index (χ0n) is 15.3. The molecule has 2 aromatic rings. The summed E-state index contributed by atoms with van der Waals surface area (Å²) in [6.45, 7) is 2.23. The monoisotopic (exact) mass is 387 g/mol. The molecule has 27 heavy (non-hydrogen) atoms. The summed E-state index contributed by atoms with van der Waals surface area (Å²) in [4.78, 5) is 36.8. The van der Waals surface area contributed by atoms with Crippen molar-refractivity contribution < 1.29 is 14.5 Å². The number of carbonyl (C=O) groups excluding carboxylic acids is 2. The highest BCUT2D eigenvalue weighted by Crippen LogP contribution is 2.26. The number of nitrogens with zero attached hydrogens (tertiary/aromatic N) is 2. The van der Waals surface area contributed by atoms with E-state index in [1.54, 1.807) is 50.2 Å². The SMILES string of the molecule is CNC(=O)c1ccc(CN(C)C(=O)C(C)Sc2ccc([N+](=O)[O-])cc2)cc1. The molecule has 2 aromatic carbocycles. The van der Waals surface area contributed by atoms with E-state index in [0.717, 1.165) is 10.5 Å². The van der Waals surface area contributed by atoms with Crippen molar-refractivity contribution >= 4 is 29.3 Å². The van der Waals surface area contributed by atoms with E-state index >= 15 is 0 Å². The van der Waals surface area contributed by atoms with Crippen molar-refractivity contribution in [1.82, 2.24) is 10.2 Å². The Balaban J connectivity index is 1.95. The first-order valence-corrected chi connectivity index (χ1v) is 9.17. The third kappa shape index (κ3) is 5.55. The number of nitro groups is 1. The molecule has 0 heterocycles. The van der Waals surface area contributed by atoms with E-state index in [9.17, 15) is 19.7 Å². The summed E-state index contributed by atoms with van der Waals surface area (Å²) in [6.07, 6.45) is 0. The molecule has 0 spiro atoms. The number of amides is 2.